The number of ketones is 1. The van der Waals surface area contributed by atoms with Crippen LogP contribution < -0.4 is 5.69 Å². The monoisotopic (exact) mass is 288 g/mol. The molecule has 1 heterocycles. The molecule has 0 aliphatic carbocycles. The van der Waals surface area contributed by atoms with E-state index in [2.05, 4.69) is 9.97 Å². The first-order chi connectivity index (χ1) is 10.0. The molecule has 1 aromatic heterocycles. The molecule has 3 aromatic rings. The lowest BCUT2D eigenvalue weighted by molar-refractivity contribution is 0.0990. The van der Waals surface area contributed by atoms with Gasteiger partial charge in [0.15, 0.2) is 5.78 Å². The van der Waals surface area contributed by atoms with E-state index < -0.39 is 17.4 Å². The first-order valence-electron chi connectivity index (χ1n) is 6.23. The highest BCUT2D eigenvalue weighted by molar-refractivity contribution is 6.00. The topological polar surface area (TPSA) is 65.7 Å². The van der Waals surface area contributed by atoms with Crippen LogP contribution in [0.1, 0.15) is 15.9 Å². The van der Waals surface area contributed by atoms with Gasteiger partial charge in [-0.3, -0.25) is 4.79 Å². The number of imidazole rings is 1. The molecular formula is C15H10F2N2O2. The second-order valence-corrected chi connectivity index (χ2v) is 4.64. The van der Waals surface area contributed by atoms with Crippen molar-refractivity contribution >= 4 is 16.8 Å². The van der Waals surface area contributed by atoms with E-state index in [4.69, 9.17) is 0 Å². The van der Waals surface area contributed by atoms with Gasteiger partial charge >= 0.3 is 5.69 Å². The van der Waals surface area contributed by atoms with E-state index in [1.54, 1.807) is 6.07 Å². The molecule has 0 amide bonds. The summed E-state index contributed by atoms with van der Waals surface area (Å²) < 4.78 is 27.1. The van der Waals surface area contributed by atoms with Gasteiger partial charge in [-0.15, -0.1) is 0 Å². The van der Waals surface area contributed by atoms with Gasteiger partial charge in [0.25, 0.3) is 0 Å². The van der Waals surface area contributed by atoms with Crippen molar-refractivity contribution in [2.75, 3.05) is 0 Å². The molecule has 0 saturated heterocycles. The third-order valence-corrected chi connectivity index (χ3v) is 3.24. The molecular weight excluding hydrogens is 278 g/mol. The highest BCUT2D eigenvalue weighted by Crippen LogP contribution is 2.17. The summed E-state index contributed by atoms with van der Waals surface area (Å²) in [6.45, 7) is 0. The van der Waals surface area contributed by atoms with Crippen LogP contribution in [0.4, 0.5) is 8.78 Å². The Morgan fingerprint density at radius 1 is 1.00 bits per heavy atom. The number of hydrogen-bond donors (Lipinski definition) is 2. The van der Waals surface area contributed by atoms with Gasteiger partial charge in [0.2, 0.25) is 0 Å². The largest absolute Gasteiger partial charge is 0.323 e. The number of rotatable bonds is 3. The molecule has 2 N–H and O–H groups in total. The predicted octanol–water partition coefficient (Wildman–Crippen LogP) is 2.56. The number of nitrogens with one attached hydrogen (secondary N) is 2. The normalized spacial score (nSPS) is 11.0. The fourth-order valence-electron chi connectivity index (χ4n) is 2.17. The van der Waals surface area contributed by atoms with E-state index in [0.717, 1.165) is 12.1 Å². The van der Waals surface area contributed by atoms with Crippen LogP contribution in [0.25, 0.3) is 11.0 Å². The number of aromatic nitrogens is 2. The average Bonchev–Trinajstić information content (AvgIpc) is 2.81. The summed E-state index contributed by atoms with van der Waals surface area (Å²) in [7, 11) is 0. The Labute approximate surface area is 117 Å². The smallest absolute Gasteiger partial charge is 0.306 e. The van der Waals surface area contributed by atoms with Crippen molar-refractivity contribution in [3.05, 3.63) is 69.6 Å². The Morgan fingerprint density at radius 3 is 2.38 bits per heavy atom. The van der Waals surface area contributed by atoms with Crippen molar-refractivity contribution < 1.29 is 13.6 Å². The molecule has 0 aliphatic rings. The van der Waals surface area contributed by atoms with Crippen molar-refractivity contribution in [2.45, 2.75) is 6.42 Å². The maximum absolute atomic E-state index is 13.5. The SMILES string of the molecule is O=C(Cc1c(F)cccc1F)c1ccc2[nH]c(=O)[nH]c2c1. The van der Waals surface area contributed by atoms with Crippen molar-refractivity contribution in [2.24, 2.45) is 0 Å². The summed E-state index contributed by atoms with van der Waals surface area (Å²) >= 11 is 0. The zero-order chi connectivity index (χ0) is 15.0. The van der Waals surface area contributed by atoms with E-state index in [0.29, 0.717) is 11.0 Å². The van der Waals surface area contributed by atoms with Crippen molar-refractivity contribution in [3.8, 4) is 0 Å². The van der Waals surface area contributed by atoms with E-state index >= 15 is 0 Å². The number of hydrogen-bond acceptors (Lipinski definition) is 2. The molecule has 21 heavy (non-hydrogen) atoms. The minimum Gasteiger partial charge on any atom is -0.306 e. The molecule has 0 unspecified atom stereocenters. The first kappa shape index (κ1) is 13.2. The van der Waals surface area contributed by atoms with E-state index in [9.17, 15) is 18.4 Å². The van der Waals surface area contributed by atoms with E-state index in [-0.39, 0.29) is 23.2 Å². The number of H-pyrrole nitrogens is 2. The Kier molecular flexibility index (Phi) is 3.13. The number of halogens is 2. The second kappa shape index (κ2) is 4.97. The van der Waals surface area contributed by atoms with Crippen molar-refractivity contribution in [3.63, 3.8) is 0 Å². The zero-order valence-electron chi connectivity index (χ0n) is 10.7. The summed E-state index contributed by atoms with van der Waals surface area (Å²) in [4.78, 5) is 28.4. The van der Waals surface area contributed by atoms with Crippen LogP contribution in [0, 0.1) is 11.6 Å². The van der Waals surface area contributed by atoms with Gasteiger partial charge in [-0.2, -0.15) is 0 Å². The number of aromatic amines is 2. The van der Waals surface area contributed by atoms with Gasteiger partial charge in [-0.25, -0.2) is 13.6 Å². The van der Waals surface area contributed by atoms with Crippen LogP contribution >= 0.6 is 0 Å². The quantitative estimate of drug-likeness (QED) is 0.727. The fraction of sp³-hybridized carbons (Fsp3) is 0.0667. The third-order valence-electron chi connectivity index (χ3n) is 3.24. The molecule has 0 atom stereocenters. The summed E-state index contributed by atoms with van der Waals surface area (Å²) in [5, 5.41) is 0. The standard InChI is InChI=1S/C15H10F2N2O2/c16-10-2-1-3-11(17)9(10)7-14(20)8-4-5-12-13(6-8)19-15(21)18-12/h1-6H,7H2,(H2,18,19,21). The maximum atomic E-state index is 13.5. The number of Topliss-reactive ketones (excluding diaryl/α,β-unsaturated/α-hetero) is 1. The van der Waals surface area contributed by atoms with Crippen LogP contribution in [0.15, 0.2) is 41.2 Å². The molecule has 6 heteroatoms. The van der Waals surface area contributed by atoms with Crippen molar-refractivity contribution in [1.82, 2.24) is 9.97 Å². The highest BCUT2D eigenvalue weighted by Gasteiger charge is 2.15. The van der Waals surface area contributed by atoms with Gasteiger partial charge in [0.1, 0.15) is 11.6 Å². The molecule has 3 rings (SSSR count). The Bertz CT molecular complexity index is 876. The fourth-order valence-corrected chi connectivity index (χ4v) is 2.17. The minimum atomic E-state index is -0.750. The molecule has 2 aromatic carbocycles. The Morgan fingerprint density at radius 2 is 1.67 bits per heavy atom. The van der Waals surface area contributed by atoms with Gasteiger partial charge in [0.05, 0.1) is 11.0 Å². The summed E-state index contributed by atoms with van der Waals surface area (Å²) in [6.07, 6.45) is -0.376. The minimum absolute atomic E-state index is 0.259. The van der Waals surface area contributed by atoms with Crippen LogP contribution in [0.5, 0.6) is 0 Å². The number of fused-ring (bicyclic) bond motifs is 1. The van der Waals surface area contributed by atoms with Crippen molar-refractivity contribution in [1.29, 1.82) is 0 Å². The van der Waals surface area contributed by atoms with Crippen LogP contribution in [0.2, 0.25) is 0 Å². The first-order valence-corrected chi connectivity index (χ1v) is 6.23. The average molecular weight is 288 g/mol. The molecule has 0 spiro atoms. The number of benzene rings is 2. The van der Waals surface area contributed by atoms with E-state index in [1.807, 2.05) is 0 Å². The number of carbonyl (C=O) groups excluding carboxylic acids is 1. The summed E-state index contributed by atoms with van der Waals surface area (Å²) in [5.41, 5.74) is 0.675. The van der Waals surface area contributed by atoms with Gasteiger partial charge < -0.3 is 9.97 Å². The number of carbonyl (C=O) groups is 1. The van der Waals surface area contributed by atoms with Gasteiger partial charge in [-0.05, 0) is 30.3 Å². The van der Waals surface area contributed by atoms with Gasteiger partial charge in [0, 0.05) is 17.5 Å². The summed E-state index contributed by atoms with van der Waals surface area (Å²) in [6, 6.07) is 8.02. The zero-order valence-corrected chi connectivity index (χ0v) is 10.7. The molecule has 0 radical (unpaired) electrons. The summed E-state index contributed by atoms with van der Waals surface area (Å²) in [5.74, 6) is -1.93. The molecule has 106 valence electrons. The molecule has 0 saturated carbocycles. The van der Waals surface area contributed by atoms with Crippen LogP contribution in [-0.4, -0.2) is 15.8 Å². The van der Waals surface area contributed by atoms with Crippen LogP contribution in [0.3, 0.4) is 0 Å². The predicted molar refractivity (Wildman–Crippen MR) is 73.3 cm³/mol. The van der Waals surface area contributed by atoms with E-state index in [1.165, 1.54) is 18.2 Å². The maximum Gasteiger partial charge on any atom is 0.323 e. The second-order valence-electron chi connectivity index (χ2n) is 4.64. The lowest BCUT2D eigenvalue weighted by atomic mass is 10.0. The lowest BCUT2D eigenvalue weighted by Crippen LogP contribution is -2.07. The van der Waals surface area contributed by atoms with Crippen LogP contribution in [-0.2, 0) is 6.42 Å². The molecule has 0 fully saturated rings. The van der Waals surface area contributed by atoms with Gasteiger partial charge in [-0.1, -0.05) is 6.07 Å². The Hall–Kier alpha value is -2.76. The molecule has 0 aliphatic heterocycles. The molecule has 4 nitrogen and oxygen atoms in total. The Balaban J connectivity index is 1.95. The lowest BCUT2D eigenvalue weighted by Gasteiger charge is -2.04. The third kappa shape index (κ3) is 2.47. The molecule has 0 bridgehead atoms. The highest BCUT2D eigenvalue weighted by atomic mass is 19.1.